The highest BCUT2D eigenvalue weighted by atomic mass is 35.5. The fraction of sp³-hybridized carbons (Fsp3) is 0.480. The lowest BCUT2D eigenvalue weighted by Gasteiger charge is -2.38. The SMILES string of the molecule is Cc1ccc(C(=O)O)c(N2CCC(CN3CCC(Oc4ccc(Cl)cc4)CC3)CC2)c1. The van der Waals surface area contributed by atoms with Gasteiger partial charge in [-0.2, -0.15) is 0 Å². The summed E-state index contributed by atoms with van der Waals surface area (Å²) in [6.07, 6.45) is 4.58. The molecule has 0 amide bonds. The molecule has 0 unspecified atom stereocenters. The van der Waals surface area contributed by atoms with Crippen molar-refractivity contribution in [2.75, 3.05) is 37.6 Å². The Bertz CT molecular complexity index is 886. The largest absolute Gasteiger partial charge is 0.490 e. The molecule has 2 saturated heterocycles. The lowest BCUT2D eigenvalue weighted by molar-refractivity contribution is 0.0697. The fourth-order valence-electron chi connectivity index (χ4n) is 4.72. The van der Waals surface area contributed by atoms with E-state index in [0.29, 0.717) is 11.5 Å². The van der Waals surface area contributed by atoms with Crippen LogP contribution in [0.25, 0.3) is 0 Å². The van der Waals surface area contributed by atoms with E-state index in [9.17, 15) is 9.90 Å². The van der Waals surface area contributed by atoms with Crippen LogP contribution in [0.5, 0.6) is 5.75 Å². The third-order valence-corrected chi connectivity index (χ3v) is 6.76. The lowest BCUT2D eigenvalue weighted by atomic mass is 9.94. The maximum Gasteiger partial charge on any atom is 0.337 e. The van der Waals surface area contributed by atoms with Crippen molar-refractivity contribution >= 4 is 23.3 Å². The molecule has 0 spiro atoms. The number of rotatable bonds is 6. The molecule has 0 aromatic heterocycles. The standard InChI is InChI=1S/C25H31ClN2O3/c1-18-2-7-23(25(29)30)24(16-18)28-14-8-19(9-15-28)17-27-12-10-22(11-13-27)31-21-5-3-20(26)4-6-21/h2-7,16,19,22H,8-15,17H2,1H3,(H,29,30). The Morgan fingerprint density at radius 2 is 1.71 bits per heavy atom. The van der Waals surface area contributed by atoms with Gasteiger partial charge in [-0.3, -0.25) is 0 Å². The molecular formula is C25H31ClN2O3. The van der Waals surface area contributed by atoms with E-state index in [1.54, 1.807) is 6.07 Å². The summed E-state index contributed by atoms with van der Waals surface area (Å²) < 4.78 is 6.11. The lowest BCUT2D eigenvalue weighted by Crippen LogP contribution is -2.43. The summed E-state index contributed by atoms with van der Waals surface area (Å²) in [5.41, 5.74) is 2.38. The molecule has 0 saturated carbocycles. The Kier molecular flexibility index (Phi) is 7.03. The van der Waals surface area contributed by atoms with Crippen LogP contribution in [0.4, 0.5) is 5.69 Å². The number of nitrogens with zero attached hydrogens (tertiary/aromatic N) is 2. The second-order valence-corrected chi connectivity index (χ2v) is 9.26. The van der Waals surface area contributed by atoms with Gasteiger partial charge in [0, 0.05) is 37.7 Å². The summed E-state index contributed by atoms with van der Waals surface area (Å²) in [7, 11) is 0. The van der Waals surface area contributed by atoms with Gasteiger partial charge in [0.05, 0.1) is 11.3 Å². The number of halogens is 1. The minimum absolute atomic E-state index is 0.273. The number of carbonyl (C=O) groups is 1. The molecule has 2 aliphatic heterocycles. The molecule has 2 heterocycles. The van der Waals surface area contributed by atoms with Crippen molar-refractivity contribution in [2.24, 2.45) is 5.92 Å². The number of aromatic carboxylic acids is 1. The number of benzene rings is 2. The van der Waals surface area contributed by atoms with Crippen LogP contribution in [0.1, 0.15) is 41.6 Å². The van der Waals surface area contributed by atoms with Gasteiger partial charge >= 0.3 is 5.97 Å². The topological polar surface area (TPSA) is 53.0 Å². The van der Waals surface area contributed by atoms with Crippen molar-refractivity contribution in [3.63, 3.8) is 0 Å². The first-order valence-corrected chi connectivity index (χ1v) is 11.6. The zero-order valence-corrected chi connectivity index (χ0v) is 18.9. The zero-order valence-electron chi connectivity index (χ0n) is 18.1. The van der Waals surface area contributed by atoms with Crippen molar-refractivity contribution in [2.45, 2.75) is 38.7 Å². The predicted octanol–water partition coefficient (Wildman–Crippen LogP) is 5.11. The first kappa shape index (κ1) is 22.0. The zero-order chi connectivity index (χ0) is 21.8. The molecule has 5 nitrogen and oxygen atoms in total. The fourth-order valence-corrected chi connectivity index (χ4v) is 4.85. The maximum absolute atomic E-state index is 11.6. The van der Waals surface area contributed by atoms with Gasteiger partial charge in [0.15, 0.2) is 0 Å². The molecule has 0 aliphatic carbocycles. The second kappa shape index (κ2) is 9.92. The first-order chi connectivity index (χ1) is 15.0. The van der Waals surface area contributed by atoms with Gasteiger partial charge in [-0.15, -0.1) is 0 Å². The summed E-state index contributed by atoms with van der Waals surface area (Å²) >= 11 is 5.95. The number of anilines is 1. The van der Waals surface area contributed by atoms with E-state index in [1.807, 2.05) is 43.3 Å². The van der Waals surface area contributed by atoms with Crippen LogP contribution in [0.2, 0.25) is 5.02 Å². The smallest absolute Gasteiger partial charge is 0.337 e. The first-order valence-electron chi connectivity index (χ1n) is 11.2. The van der Waals surface area contributed by atoms with Crippen LogP contribution in [0.3, 0.4) is 0 Å². The third kappa shape index (κ3) is 5.72. The van der Waals surface area contributed by atoms with E-state index in [2.05, 4.69) is 9.80 Å². The highest BCUT2D eigenvalue weighted by Crippen LogP contribution is 2.29. The van der Waals surface area contributed by atoms with Crippen molar-refractivity contribution in [3.05, 3.63) is 58.6 Å². The van der Waals surface area contributed by atoms with Crippen molar-refractivity contribution in [1.29, 1.82) is 0 Å². The van der Waals surface area contributed by atoms with Crippen LogP contribution >= 0.6 is 11.6 Å². The summed E-state index contributed by atoms with van der Waals surface area (Å²) in [4.78, 5) is 16.4. The number of carboxylic acid groups (broad SMARTS) is 1. The van der Waals surface area contributed by atoms with Gasteiger partial charge < -0.3 is 19.6 Å². The average molecular weight is 443 g/mol. The second-order valence-electron chi connectivity index (χ2n) is 8.83. The molecule has 2 aromatic carbocycles. The van der Waals surface area contributed by atoms with Gasteiger partial charge in [-0.1, -0.05) is 17.7 Å². The summed E-state index contributed by atoms with van der Waals surface area (Å²) in [6.45, 7) is 7.12. The Balaban J connectivity index is 1.23. The predicted molar refractivity (Wildman–Crippen MR) is 125 cm³/mol. The van der Waals surface area contributed by atoms with Crippen LogP contribution in [-0.2, 0) is 0 Å². The van der Waals surface area contributed by atoms with Gasteiger partial charge in [0.2, 0.25) is 0 Å². The number of piperidine rings is 2. The van der Waals surface area contributed by atoms with E-state index in [1.165, 1.54) is 0 Å². The van der Waals surface area contributed by atoms with E-state index in [0.717, 1.165) is 80.4 Å². The minimum Gasteiger partial charge on any atom is -0.490 e. The summed E-state index contributed by atoms with van der Waals surface area (Å²) in [6, 6.07) is 13.2. The normalized spacial score (nSPS) is 18.8. The van der Waals surface area contributed by atoms with Gasteiger partial charge in [0.1, 0.15) is 11.9 Å². The highest BCUT2D eigenvalue weighted by molar-refractivity contribution is 6.30. The van der Waals surface area contributed by atoms with Gasteiger partial charge in [0.25, 0.3) is 0 Å². The van der Waals surface area contributed by atoms with E-state index in [4.69, 9.17) is 16.3 Å². The van der Waals surface area contributed by atoms with Crippen LogP contribution < -0.4 is 9.64 Å². The van der Waals surface area contributed by atoms with E-state index in [-0.39, 0.29) is 6.10 Å². The molecule has 166 valence electrons. The number of aryl methyl sites for hydroxylation is 1. The molecular weight excluding hydrogens is 412 g/mol. The van der Waals surface area contributed by atoms with Crippen LogP contribution in [0, 0.1) is 12.8 Å². The molecule has 2 aromatic rings. The van der Waals surface area contributed by atoms with Crippen molar-refractivity contribution in [1.82, 2.24) is 4.90 Å². The Morgan fingerprint density at radius 1 is 1.03 bits per heavy atom. The molecule has 1 N–H and O–H groups in total. The summed E-state index contributed by atoms with van der Waals surface area (Å²) in [5.74, 6) is 0.719. The molecule has 2 fully saturated rings. The molecule has 2 aliphatic rings. The van der Waals surface area contributed by atoms with E-state index < -0.39 is 5.97 Å². The molecule has 6 heteroatoms. The van der Waals surface area contributed by atoms with E-state index >= 15 is 0 Å². The molecule has 0 radical (unpaired) electrons. The molecule has 0 bridgehead atoms. The Morgan fingerprint density at radius 3 is 2.35 bits per heavy atom. The maximum atomic E-state index is 11.6. The van der Waals surface area contributed by atoms with Crippen LogP contribution in [-0.4, -0.2) is 54.8 Å². The van der Waals surface area contributed by atoms with Crippen LogP contribution in [0.15, 0.2) is 42.5 Å². The number of ether oxygens (including phenoxy) is 1. The number of likely N-dealkylation sites (tertiary alicyclic amines) is 1. The van der Waals surface area contributed by atoms with Gasteiger partial charge in [-0.05, 0) is 80.5 Å². The molecule has 0 atom stereocenters. The number of hydrogen-bond donors (Lipinski definition) is 1. The Hall–Kier alpha value is -2.24. The molecule has 4 rings (SSSR count). The molecule has 31 heavy (non-hydrogen) atoms. The average Bonchev–Trinajstić information content (AvgIpc) is 2.77. The number of carboxylic acids is 1. The van der Waals surface area contributed by atoms with Crippen molar-refractivity contribution < 1.29 is 14.6 Å². The quantitative estimate of drug-likeness (QED) is 0.673. The van der Waals surface area contributed by atoms with Gasteiger partial charge in [-0.25, -0.2) is 4.79 Å². The summed E-state index contributed by atoms with van der Waals surface area (Å²) in [5, 5.41) is 10.3. The highest BCUT2D eigenvalue weighted by Gasteiger charge is 2.27. The van der Waals surface area contributed by atoms with Crippen molar-refractivity contribution in [3.8, 4) is 5.75 Å². The third-order valence-electron chi connectivity index (χ3n) is 6.51. The monoisotopic (exact) mass is 442 g/mol. The number of hydrogen-bond acceptors (Lipinski definition) is 4. The minimum atomic E-state index is -0.846. The Labute approximate surface area is 189 Å².